The Morgan fingerprint density at radius 1 is 1.29 bits per heavy atom. The zero-order valence-electron chi connectivity index (χ0n) is 6.64. The van der Waals surface area contributed by atoms with E-state index in [4.69, 9.17) is 8.97 Å². The standard InChI is InChI=1S/C7H5NO4S.Ag/c9-13(10,11)7-8-5-3-1-2-4-6(5)12-7;/h1-4H,(H,9,10,11);. The van der Waals surface area contributed by atoms with Gasteiger partial charge >= 0.3 is 15.3 Å². The molecule has 1 radical (unpaired) electrons. The average Bonchev–Trinajstić information content (AvgIpc) is 2.45. The van der Waals surface area contributed by atoms with Gasteiger partial charge in [-0.15, -0.1) is 0 Å². The summed E-state index contributed by atoms with van der Waals surface area (Å²) in [6, 6.07) is 6.53. The molecular formula is C7H5AgNO4S. The Morgan fingerprint density at radius 3 is 2.50 bits per heavy atom. The second-order valence-corrected chi connectivity index (χ2v) is 3.72. The maximum absolute atomic E-state index is 10.6. The predicted octanol–water partition coefficient (Wildman–Crippen LogP) is 1.07. The minimum Gasteiger partial charge on any atom is -0.426 e. The molecule has 0 spiro atoms. The molecule has 0 amide bonds. The van der Waals surface area contributed by atoms with Gasteiger partial charge in [0.25, 0.3) is 0 Å². The Morgan fingerprint density at radius 2 is 1.93 bits per heavy atom. The number of nitrogens with zero attached hydrogens (tertiary/aromatic N) is 1. The van der Waals surface area contributed by atoms with Crippen molar-refractivity contribution in [1.29, 1.82) is 0 Å². The van der Waals surface area contributed by atoms with Crippen LogP contribution >= 0.6 is 0 Å². The van der Waals surface area contributed by atoms with Crippen molar-refractivity contribution in [2.24, 2.45) is 0 Å². The van der Waals surface area contributed by atoms with Crippen LogP contribution in [0.15, 0.2) is 33.9 Å². The summed E-state index contributed by atoms with van der Waals surface area (Å²) >= 11 is 0. The van der Waals surface area contributed by atoms with Crippen LogP contribution in [0.25, 0.3) is 11.1 Å². The number of benzene rings is 1. The van der Waals surface area contributed by atoms with E-state index in [1.54, 1.807) is 24.3 Å². The molecule has 1 aromatic heterocycles. The monoisotopic (exact) mass is 306 g/mol. The van der Waals surface area contributed by atoms with Gasteiger partial charge in [-0.25, -0.2) is 0 Å². The van der Waals surface area contributed by atoms with Gasteiger partial charge < -0.3 is 4.42 Å². The molecule has 0 aliphatic heterocycles. The number of oxazole rings is 1. The van der Waals surface area contributed by atoms with Gasteiger partial charge in [0.1, 0.15) is 5.52 Å². The molecule has 2 rings (SSSR count). The second-order valence-electron chi connectivity index (χ2n) is 2.42. The number of fused-ring (bicyclic) bond motifs is 1. The molecule has 0 saturated heterocycles. The Hall–Kier alpha value is -0.660. The molecule has 1 heterocycles. The summed E-state index contributed by atoms with van der Waals surface area (Å²) in [5.41, 5.74) is 0.727. The number of rotatable bonds is 1. The van der Waals surface area contributed by atoms with E-state index in [-0.39, 0.29) is 22.4 Å². The Bertz CT molecular complexity index is 515. The van der Waals surface area contributed by atoms with Gasteiger partial charge in [-0.1, -0.05) is 12.1 Å². The number of aromatic nitrogens is 1. The van der Waals surface area contributed by atoms with Crippen LogP contribution in [0.5, 0.6) is 0 Å². The van der Waals surface area contributed by atoms with Crippen LogP contribution in [-0.4, -0.2) is 18.0 Å². The van der Waals surface area contributed by atoms with Crippen molar-refractivity contribution < 1.29 is 39.8 Å². The summed E-state index contributed by atoms with van der Waals surface area (Å²) in [4.78, 5) is 3.58. The van der Waals surface area contributed by atoms with E-state index >= 15 is 0 Å². The van der Waals surface area contributed by atoms with Gasteiger partial charge in [0.15, 0.2) is 5.58 Å². The minimum absolute atomic E-state index is 0. The van der Waals surface area contributed by atoms with E-state index in [0.717, 1.165) is 0 Å². The summed E-state index contributed by atoms with van der Waals surface area (Å²) < 4.78 is 34.6. The van der Waals surface area contributed by atoms with Crippen LogP contribution in [0.2, 0.25) is 0 Å². The van der Waals surface area contributed by atoms with E-state index < -0.39 is 15.3 Å². The predicted molar refractivity (Wildman–Crippen MR) is 43.8 cm³/mol. The van der Waals surface area contributed by atoms with Crippen molar-refractivity contribution in [3.05, 3.63) is 24.3 Å². The molecular weight excluding hydrogens is 302 g/mol. The average molecular weight is 307 g/mol. The topological polar surface area (TPSA) is 80.4 Å². The molecule has 0 saturated carbocycles. The zero-order chi connectivity index (χ0) is 9.47. The van der Waals surface area contributed by atoms with Crippen LogP contribution in [0.4, 0.5) is 0 Å². The van der Waals surface area contributed by atoms with E-state index in [1.165, 1.54) is 0 Å². The second kappa shape index (κ2) is 3.84. The van der Waals surface area contributed by atoms with Crippen molar-refractivity contribution in [2.75, 3.05) is 0 Å². The van der Waals surface area contributed by atoms with Gasteiger partial charge in [0, 0.05) is 22.4 Å². The molecule has 0 aliphatic rings. The van der Waals surface area contributed by atoms with Crippen molar-refractivity contribution in [1.82, 2.24) is 4.98 Å². The molecule has 0 atom stereocenters. The molecule has 0 bridgehead atoms. The van der Waals surface area contributed by atoms with Gasteiger partial charge in [0.05, 0.1) is 0 Å². The SMILES string of the molecule is O=S(=O)(O)c1nc2ccccc2o1.[Ag]. The van der Waals surface area contributed by atoms with Crippen molar-refractivity contribution in [2.45, 2.75) is 5.22 Å². The Balaban J connectivity index is 0.000000980. The number of hydrogen-bond acceptors (Lipinski definition) is 4. The summed E-state index contributed by atoms with van der Waals surface area (Å²) in [6.07, 6.45) is 0. The van der Waals surface area contributed by atoms with Gasteiger partial charge in [-0.2, -0.15) is 13.4 Å². The molecule has 79 valence electrons. The summed E-state index contributed by atoms with van der Waals surface area (Å²) in [5, 5.41) is -0.672. The zero-order valence-corrected chi connectivity index (χ0v) is 8.94. The van der Waals surface area contributed by atoms with Crippen LogP contribution in [0.3, 0.4) is 0 Å². The molecule has 14 heavy (non-hydrogen) atoms. The molecule has 0 unspecified atom stereocenters. The minimum atomic E-state index is -4.34. The van der Waals surface area contributed by atoms with Crippen LogP contribution in [-0.2, 0) is 32.5 Å². The van der Waals surface area contributed by atoms with Crippen molar-refractivity contribution >= 4 is 21.2 Å². The van der Waals surface area contributed by atoms with Crippen LogP contribution in [0.1, 0.15) is 0 Å². The molecule has 0 aliphatic carbocycles. The first-order chi connectivity index (χ1) is 6.07. The van der Waals surface area contributed by atoms with Crippen LogP contribution in [0, 0.1) is 0 Å². The third kappa shape index (κ3) is 2.05. The van der Waals surface area contributed by atoms with Crippen LogP contribution < -0.4 is 0 Å². The fraction of sp³-hybridized carbons (Fsp3) is 0. The molecule has 1 aromatic carbocycles. The fourth-order valence-electron chi connectivity index (χ4n) is 0.961. The van der Waals surface area contributed by atoms with Gasteiger partial charge in [-0.3, -0.25) is 4.55 Å². The van der Waals surface area contributed by atoms with Gasteiger partial charge in [0.2, 0.25) is 0 Å². The molecule has 1 N–H and O–H groups in total. The maximum atomic E-state index is 10.6. The summed E-state index contributed by atoms with van der Waals surface area (Å²) in [5.74, 6) is 0. The number of para-hydroxylation sites is 2. The van der Waals surface area contributed by atoms with Crippen molar-refractivity contribution in [3.8, 4) is 0 Å². The van der Waals surface area contributed by atoms with E-state index in [2.05, 4.69) is 4.98 Å². The first kappa shape index (κ1) is 11.4. The third-order valence-corrected chi connectivity index (χ3v) is 2.11. The first-order valence-electron chi connectivity index (χ1n) is 3.40. The Labute approximate surface area is 95.4 Å². The fourth-order valence-corrected chi connectivity index (χ4v) is 1.37. The Kier molecular flexibility index (Phi) is 3.13. The largest absolute Gasteiger partial charge is 0.426 e. The smallest absolute Gasteiger partial charge is 0.347 e. The van der Waals surface area contributed by atoms with Gasteiger partial charge in [-0.05, 0) is 12.1 Å². The number of hydrogen-bond donors (Lipinski definition) is 1. The van der Waals surface area contributed by atoms with E-state index in [1.807, 2.05) is 0 Å². The summed E-state index contributed by atoms with van der Waals surface area (Å²) in [7, 11) is -4.34. The molecule has 2 aromatic rings. The van der Waals surface area contributed by atoms with Crippen molar-refractivity contribution in [3.63, 3.8) is 0 Å². The molecule has 0 fully saturated rings. The first-order valence-corrected chi connectivity index (χ1v) is 4.84. The molecule has 5 nitrogen and oxygen atoms in total. The quantitative estimate of drug-likeness (QED) is 0.630. The summed E-state index contributed by atoms with van der Waals surface area (Å²) in [6.45, 7) is 0. The maximum Gasteiger partial charge on any atom is 0.347 e. The van der Waals surface area contributed by atoms with E-state index in [0.29, 0.717) is 11.1 Å². The normalized spacial score (nSPS) is 11.2. The van der Waals surface area contributed by atoms with E-state index in [9.17, 15) is 8.42 Å². The third-order valence-electron chi connectivity index (χ3n) is 1.49. The molecule has 7 heteroatoms.